The maximum atomic E-state index is 11.4. The van der Waals surface area contributed by atoms with E-state index < -0.39 is 12.1 Å². The maximum absolute atomic E-state index is 11.4. The van der Waals surface area contributed by atoms with E-state index in [0.717, 1.165) is 0 Å². The highest BCUT2D eigenvalue weighted by Gasteiger charge is 2.20. The molecule has 2 N–H and O–H groups in total. The van der Waals surface area contributed by atoms with Crippen LogP contribution in [0.1, 0.15) is 10.4 Å². The average Bonchev–Trinajstić information content (AvgIpc) is 2.35. The monoisotopic (exact) mass is 242 g/mol. The summed E-state index contributed by atoms with van der Waals surface area (Å²) in [6, 6.07) is 2.70. The number of ether oxygens (including phenoxy) is 3. The number of ketones is 1. The van der Waals surface area contributed by atoms with Gasteiger partial charge in [-0.25, -0.2) is 0 Å². The molecule has 6 nitrogen and oxygen atoms in total. The molecule has 0 aromatic heterocycles. The Labute approximate surface area is 98.3 Å². The molecule has 0 fully saturated rings. The van der Waals surface area contributed by atoms with Crippen molar-refractivity contribution in [2.45, 2.75) is 6.29 Å². The average molecular weight is 242 g/mol. The van der Waals surface area contributed by atoms with Gasteiger partial charge in [-0.05, 0) is 12.1 Å². The van der Waals surface area contributed by atoms with Crippen LogP contribution in [-0.2, 0) is 0 Å². The number of benzene rings is 1. The fourth-order valence-corrected chi connectivity index (χ4v) is 1.37. The van der Waals surface area contributed by atoms with Crippen LogP contribution in [-0.4, -0.2) is 43.6 Å². The van der Waals surface area contributed by atoms with Crippen molar-refractivity contribution in [3.05, 3.63) is 17.7 Å². The number of carbonyl (C=O) groups is 1. The van der Waals surface area contributed by atoms with Crippen molar-refractivity contribution < 1.29 is 29.2 Å². The van der Waals surface area contributed by atoms with E-state index in [1.54, 1.807) is 0 Å². The zero-order valence-electron chi connectivity index (χ0n) is 9.76. The molecule has 0 bridgehead atoms. The zero-order valence-corrected chi connectivity index (χ0v) is 9.76. The highest BCUT2D eigenvalue weighted by atomic mass is 16.5. The SMILES string of the molecule is COc1cc(C(=O)C(O)O)cc(OC)c1OC. The zero-order chi connectivity index (χ0) is 13.0. The summed E-state index contributed by atoms with van der Waals surface area (Å²) in [5, 5.41) is 17.6. The standard InChI is InChI=1S/C11H14O6/c1-15-7-4-6(9(12)11(13)14)5-8(16-2)10(7)17-3/h4-5,11,13-14H,1-3H3. The molecule has 0 heterocycles. The molecule has 0 saturated heterocycles. The minimum Gasteiger partial charge on any atom is -0.493 e. The van der Waals surface area contributed by atoms with Gasteiger partial charge >= 0.3 is 0 Å². The Bertz CT molecular complexity index is 387. The lowest BCUT2D eigenvalue weighted by molar-refractivity contribution is -0.0195. The molecule has 0 aliphatic heterocycles. The van der Waals surface area contributed by atoms with Crippen molar-refractivity contribution in [1.82, 2.24) is 0 Å². The molecule has 0 spiro atoms. The summed E-state index contributed by atoms with van der Waals surface area (Å²) in [6.07, 6.45) is -2.07. The first-order chi connectivity index (χ1) is 8.04. The molecule has 0 saturated carbocycles. The van der Waals surface area contributed by atoms with E-state index in [0.29, 0.717) is 5.75 Å². The van der Waals surface area contributed by atoms with Crippen LogP contribution in [0.5, 0.6) is 17.2 Å². The number of methoxy groups -OCH3 is 3. The molecule has 1 rings (SSSR count). The summed E-state index contributed by atoms with van der Waals surface area (Å²) >= 11 is 0. The molecule has 17 heavy (non-hydrogen) atoms. The molecule has 0 atom stereocenters. The topological polar surface area (TPSA) is 85.2 Å². The second kappa shape index (κ2) is 5.51. The van der Waals surface area contributed by atoms with Crippen LogP contribution in [0, 0.1) is 0 Å². The Hall–Kier alpha value is -1.79. The van der Waals surface area contributed by atoms with E-state index in [1.807, 2.05) is 0 Å². The third-order valence-corrected chi connectivity index (χ3v) is 2.18. The highest BCUT2D eigenvalue weighted by molar-refractivity contribution is 5.99. The number of rotatable bonds is 5. The Kier molecular flexibility index (Phi) is 4.30. The number of hydrogen-bond donors (Lipinski definition) is 2. The summed E-state index contributed by atoms with van der Waals surface area (Å²) in [6.45, 7) is 0. The van der Waals surface area contributed by atoms with Crippen LogP contribution in [0.25, 0.3) is 0 Å². The molecule has 1 aromatic carbocycles. The molecule has 0 aliphatic rings. The van der Waals surface area contributed by atoms with Gasteiger partial charge in [0.05, 0.1) is 21.3 Å². The van der Waals surface area contributed by atoms with Gasteiger partial charge in [0.25, 0.3) is 0 Å². The Morgan fingerprint density at radius 2 is 1.53 bits per heavy atom. The van der Waals surface area contributed by atoms with Gasteiger partial charge in [-0.3, -0.25) is 4.79 Å². The summed E-state index contributed by atoms with van der Waals surface area (Å²) in [5.41, 5.74) is 0.0644. The molecule has 1 aromatic rings. The lowest BCUT2D eigenvalue weighted by atomic mass is 10.1. The fourth-order valence-electron chi connectivity index (χ4n) is 1.37. The van der Waals surface area contributed by atoms with Gasteiger partial charge in [-0.2, -0.15) is 0 Å². The first-order valence-corrected chi connectivity index (χ1v) is 4.75. The van der Waals surface area contributed by atoms with Crippen LogP contribution in [0.15, 0.2) is 12.1 Å². The van der Waals surface area contributed by atoms with Crippen LogP contribution in [0.3, 0.4) is 0 Å². The highest BCUT2D eigenvalue weighted by Crippen LogP contribution is 2.38. The smallest absolute Gasteiger partial charge is 0.218 e. The minimum atomic E-state index is -2.07. The van der Waals surface area contributed by atoms with Crippen molar-refractivity contribution in [1.29, 1.82) is 0 Å². The van der Waals surface area contributed by atoms with E-state index in [1.165, 1.54) is 33.5 Å². The summed E-state index contributed by atoms with van der Waals surface area (Å²) in [7, 11) is 4.24. The number of Topliss-reactive ketones (excluding diaryl/α,β-unsaturated/α-hetero) is 1. The van der Waals surface area contributed by atoms with Crippen molar-refractivity contribution in [3.8, 4) is 17.2 Å². The lowest BCUT2D eigenvalue weighted by Gasteiger charge is -2.13. The van der Waals surface area contributed by atoms with Crippen LogP contribution in [0.4, 0.5) is 0 Å². The van der Waals surface area contributed by atoms with Crippen LogP contribution in [0.2, 0.25) is 0 Å². The van der Waals surface area contributed by atoms with Gasteiger partial charge in [-0.15, -0.1) is 0 Å². The lowest BCUT2D eigenvalue weighted by Crippen LogP contribution is -2.19. The first-order valence-electron chi connectivity index (χ1n) is 4.75. The van der Waals surface area contributed by atoms with E-state index in [2.05, 4.69) is 0 Å². The predicted octanol–water partition coefficient (Wildman–Crippen LogP) is 0.206. The summed E-state index contributed by atoms with van der Waals surface area (Å²) < 4.78 is 15.1. The molecule has 6 heteroatoms. The van der Waals surface area contributed by atoms with Gasteiger partial charge in [0.15, 0.2) is 11.5 Å². The fraction of sp³-hybridized carbons (Fsp3) is 0.364. The van der Waals surface area contributed by atoms with E-state index >= 15 is 0 Å². The van der Waals surface area contributed by atoms with Gasteiger partial charge in [-0.1, -0.05) is 0 Å². The summed E-state index contributed by atoms with van der Waals surface area (Å²) in [4.78, 5) is 11.4. The number of hydrogen-bond acceptors (Lipinski definition) is 6. The molecule has 0 radical (unpaired) electrons. The molecule has 0 unspecified atom stereocenters. The predicted molar refractivity (Wildman–Crippen MR) is 58.7 cm³/mol. The van der Waals surface area contributed by atoms with Gasteiger partial charge < -0.3 is 24.4 Å². The second-order valence-corrected chi connectivity index (χ2v) is 3.15. The molecule has 0 amide bonds. The van der Waals surface area contributed by atoms with Gasteiger partial charge in [0.1, 0.15) is 0 Å². The van der Waals surface area contributed by atoms with Crippen molar-refractivity contribution in [3.63, 3.8) is 0 Å². The van der Waals surface area contributed by atoms with E-state index in [-0.39, 0.29) is 17.1 Å². The Balaban J connectivity index is 3.32. The first kappa shape index (κ1) is 13.3. The Morgan fingerprint density at radius 3 is 1.82 bits per heavy atom. The maximum Gasteiger partial charge on any atom is 0.218 e. The van der Waals surface area contributed by atoms with Gasteiger partial charge in [0.2, 0.25) is 17.8 Å². The second-order valence-electron chi connectivity index (χ2n) is 3.15. The minimum absolute atomic E-state index is 0.0644. The van der Waals surface area contributed by atoms with Crippen molar-refractivity contribution >= 4 is 5.78 Å². The number of aliphatic hydroxyl groups excluding tert-OH is 1. The molecule has 0 aliphatic carbocycles. The molecule has 94 valence electrons. The van der Waals surface area contributed by atoms with Crippen LogP contribution < -0.4 is 14.2 Å². The molecular formula is C11H14O6. The number of carbonyl (C=O) groups excluding carboxylic acids is 1. The van der Waals surface area contributed by atoms with Crippen molar-refractivity contribution in [2.75, 3.05) is 21.3 Å². The Morgan fingerprint density at radius 1 is 1.06 bits per heavy atom. The van der Waals surface area contributed by atoms with Gasteiger partial charge in [0, 0.05) is 5.56 Å². The largest absolute Gasteiger partial charge is 0.493 e. The third-order valence-electron chi connectivity index (χ3n) is 2.18. The third kappa shape index (κ3) is 2.66. The quantitative estimate of drug-likeness (QED) is 0.567. The van der Waals surface area contributed by atoms with Crippen LogP contribution >= 0.6 is 0 Å². The van der Waals surface area contributed by atoms with Crippen molar-refractivity contribution in [2.24, 2.45) is 0 Å². The summed E-state index contributed by atoms with van der Waals surface area (Å²) in [5.74, 6) is 0.0370. The molecular weight excluding hydrogens is 228 g/mol. The number of aliphatic hydroxyl groups is 2. The van der Waals surface area contributed by atoms with E-state index in [9.17, 15) is 4.79 Å². The van der Waals surface area contributed by atoms with E-state index in [4.69, 9.17) is 24.4 Å². The normalized spacial score (nSPS) is 10.2.